The zero-order valence-corrected chi connectivity index (χ0v) is 45.9. The molecule has 0 amide bonds. The van der Waals surface area contributed by atoms with E-state index in [0.29, 0.717) is 6.42 Å². The van der Waals surface area contributed by atoms with Crippen molar-refractivity contribution in [1.29, 1.82) is 0 Å². The van der Waals surface area contributed by atoms with E-state index in [1.807, 2.05) is 0 Å². The summed E-state index contributed by atoms with van der Waals surface area (Å²) < 4.78 is 4.87. The molecule has 0 aliphatic carbocycles. The first-order valence-corrected chi connectivity index (χ1v) is 30.1. The molecule has 0 radical (unpaired) electrons. The van der Waals surface area contributed by atoms with Crippen LogP contribution in [0.3, 0.4) is 0 Å². The Morgan fingerprint density at radius 2 is 0.500 bits per heavy atom. The van der Waals surface area contributed by atoms with Crippen molar-refractivity contribution in [2.75, 3.05) is 13.2 Å². The molecule has 1 atom stereocenters. The van der Waals surface area contributed by atoms with Crippen LogP contribution in [0.2, 0.25) is 0 Å². The maximum atomic E-state index is 11.4. The number of carboxylic acids is 2. The highest BCUT2D eigenvalue weighted by atomic mass is 16.5. The molecule has 0 fully saturated rings. The average molecular weight is 968 g/mol. The van der Waals surface area contributed by atoms with Gasteiger partial charge >= 0.3 is 5.97 Å². The molecule has 408 valence electrons. The number of hydrogen-bond acceptors (Lipinski definition) is 8. The highest BCUT2D eigenvalue weighted by Gasteiger charge is 2.07. The first kappa shape index (κ1) is 70.6. The molecule has 0 aromatic rings. The monoisotopic (exact) mass is 967 g/mol. The van der Waals surface area contributed by atoms with Crippen LogP contribution in [0.1, 0.15) is 348 Å². The molecule has 0 bridgehead atoms. The van der Waals surface area contributed by atoms with Gasteiger partial charge in [0.15, 0.2) is 0 Å². The van der Waals surface area contributed by atoms with Gasteiger partial charge < -0.3 is 34.8 Å². The van der Waals surface area contributed by atoms with E-state index >= 15 is 0 Å². The van der Waals surface area contributed by atoms with Crippen LogP contribution in [0.4, 0.5) is 0 Å². The van der Waals surface area contributed by atoms with Crippen LogP contribution < -0.4 is 10.2 Å². The van der Waals surface area contributed by atoms with Gasteiger partial charge in [0.2, 0.25) is 0 Å². The van der Waals surface area contributed by atoms with E-state index in [4.69, 9.17) is 14.9 Å². The van der Waals surface area contributed by atoms with Crippen molar-refractivity contribution in [3.8, 4) is 0 Å². The van der Waals surface area contributed by atoms with Crippen molar-refractivity contribution in [3.05, 3.63) is 0 Å². The highest BCUT2D eigenvalue weighted by Crippen LogP contribution is 2.17. The van der Waals surface area contributed by atoms with Gasteiger partial charge in [0.25, 0.3) is 0 Å². The van der Waals surface area contributed by atoms with Crippen molar-refractivity contribution in [2.24, 2.45) is 0 Å². The second-order valence-corrected chi connectivity index (χ2v) is 20.4. The Hall–Kier alpha value is -1.67. The third-order valence-electron chi connectivity index (χ3n) is 13.4. The third-order valence-corrected chi connectivity index (χ3v) is 13.4. The minimum absolute atomic E-state index is 0.103. The molecule has 0 rings (SSSR count). The maximum absolute atomic E-state index is 11.4. The van der Waals surface area contributed by atoms with Crippen LogP contribution in [0.15, 0.2) is 0 Å². The zero-order valence-electron chi connectivity index (χ0n) is 45.9. The Labute approximate surface area is 423 Å². The number of carboxylic acid groups (broad SMARTS) is 2. The fraction of sp³-hybridized carbons (Fsp3) is 0.950. The first-order valence-electron chi connectivity index (χ1n) is 30.1. The molecule has 0 spiro atoms. The minimum atomic E-state index is -0.954. The maximum Gasteiger partial charge on any atom is 0.305 e. The second kappa shape index (κ2) is 65.3. The Kier molecular flexibility index (Phi) is 67.8. The van der Waals surface area contributed by atoms with Crippen molar-refractivity contribution in [1.82, 2.24) is 0 Å². The number of aliphatic hydroxyl groups excluding tert-OH is 2. The van der Waals surface area contributed by atoms with Crippen LogP contribution in [-0.2, 0) is 19.1 Å². The summed E-state index contributed by atoms with van der Waals surface area (Å²) in [5.74, 6) is -2.08. The fourth-order valence-corrected chi connectivity index (χ4v) is 8.77. The van der Waals surface area contributed by atoms with Crippen molar-refractivity contribution >= 4 is 17.9 Å². The molecule has 0 aromatic heterocycles. The van der Waals surface area contributed by atoms with Crippen LogP contribution in [0.25, 0.3) is 0 Å². The molecule has 0 aliphatic rings. The van der Waals surface area contributed by atoms with Gasteiger partial charge in [-0.2, -0.15) is 0 Å². The minimum Gasteiger partial charge on any atom is -0.550 e. The topological polar surface area (TPSA) is 147 Å². The molecule has 0 aromatic carbocycles. The molecule has 0 saturated carbocycles. The molecule has 68 heavy (non-hydrogen) atoms. The molecule has 8 heteroatoms. The number of aliphatic carboxylic acids is 2. The predicted octanol–water partition coefficient (Wildman–Crippen LogP) is 16.3. The van der Waals surface area contributed by atoms with Gasteiger partial charge in [-0.05, 0) is 32.1 Å². The summed E-state index contributed by atoms with van der Waals surface area (Å²) >= 11 is 0. The predicted molar refractivity (Wildman–Crippen MR) is 287 cm³/mol. The second-order valence-electron chi connectivity index (χ2n) is 20.4. The van der Waals surface area contributed by atoms with Crippen molar-refractivity contribution < 1.29 is 39.5 Å². The Morgan fingerprint density at radius 1 is 0.324 bits per heavy atom. The van der Waals surface area contributed by atoms with E-state index in [1.54, 1.807) is 0 Å². The number of ether oxygens (including phenoxy) is 1. The van der Waals surface area contributed by atoms with E-state index in [0.717, 1.165) is 38.5 Å². The quantitative estimate of drug-likeness (QED) is 0.0452. The van der Waals surface area contributed by atoms with Crippen LogP contribution >= 0.6 is 0 Å². The van der Waals surface area contributed by atoms with Gasteiger partial charge in [-0.15, -0.1) is 0 Å². The summed E-state index contributed by atoms with van der Waals surface area (Å²) in [6.07, 6.45) is 63.1. The van der Waals surface area contributed by atoms with Gasteiger partial charge in [0, 0.05) is 18.4 Å². The number of rotatable bonds is 54. The van der Waals surface area contributed by atoms with Crippen molar-refractivity contribution in [2.45, 2.75) is 354 Å². The van der Waals surface area contributed by atoms with Gasteiger partial charge in [0.1, 0.15) is 12.7 Å². The SMILES string of the molecule is CCCCCCCCCCCCCCCCCCC(=O)OCC(O)CO.CCCCCCCCCCCCCCCCCCC(=O)[O-].CCCCCCCCCCCCCCCCCCC(=O)[O-]. The number of hydrogen-bond donors (Lipinski definition) is 2. The summed E-state index contributed by atoms with van der Waals surface area (Å²) in [6.45, 7) is 6.34. The smallest absolute Gasteiger partial charge is 0.305 e. The number of carbonyl (C=O) groups excluding carboxylic acids is 3. The van der Waals surface area contributed by atoms with Crippen LogP contribution in [-0.4, -0.2) is 47.4 Å². The highest BCUT2D eigenvalue weighted by molar-refractivity contribution is 5.69. The van der Waals surface area contributed by atoms with Gasteiger partial charge in [-0.25, -0.2) is 0 Å². The summed E-state index contributed by atoms with van der Waals surface area (Å²) in [4.78, 5) is 31.9. The lowest BCUT2D eigenvalue weighted by Crippen LogP contribution is -2.21. The van der Waals surface area contributed by atoms with Crippen LogP contribution in [0, 0.1) is 0 Å². The number of carbonyl (C=O) groups is 3. The lowest BCUT2D eigenvalue weighted by Gasteiger charge is -2.08. The van der Waals surface area contributed by atoms with Gasteiger partial charge in [0.05, 0.1) is 6.61 Å². The molecule has 0 aliphatic heterocycles. The van der Waals surface area contributed by atoms with E-state index in [9.17, 15) is 24.6 Å². The lowest BCUT2D eigenvalue weighted by molar-refractivity contribution is -0.307. The van der Waals surface area contributed by atoms with E-state index in [2.05, 4.69) is 20.8 Å². The van der Waals surface area contributed by atoms with Crippen molar-refractivity contribution in [3.63, 3.8) is 0 Å². The Balaban J connectivity index is -0.000000940. The Morgan fingerprint density at radius 3 is 0.676 bits per heavy atom. The third kappa shape index (κ3) is 73.3. The average Bonchev–Trinajstić information content (AvgIpc) is 3.33. The van der Waals surface area contributed by atoms with E-state index in [1.165, 1.54) is 270 Å². The number of unbranched alkanes of at least 4 members (excludes halogenated alkanes) is 45. The van der Waals surface area contributed by atoms with Gasteiger partial charge in [-0.3, -0.25) is 4.79 Å². The number of aliphatic hydroxyl groups is 2. The number of esters is 1. The Bertz CT molecular complexity index is 912. The largest absolute Gasteiger partial charge is 0.550 e. The summed E-state index contributed by atoms with van der Waals surface area (Å²) in [5.41, 5.74) is 0. The van der Waals surface area contributed by atoms with Crippen LogP contribution in [0.5, 0.6) is 0 Å². The molecule has 0 saturated heterocycles. The molecule has 1 unspecified atom stereocenters. The zero-order chi connectivity index (χ0) is 50.5. The summed E-state index contributed by atoms with van der Waals surface area (Å²) in [7, 11) is 0. The first-order chi connectivity index (χ1) is 33.2. The summed E-state index contributed by atoms with van der Waals surface area (Å²) in [6, 6.07) is 0. The molecule has 2 N–H and O–H groups in total. The van der Waals surface area contributed by atoms with E-state index in [-0.39, 0.29) is 32.0 Å². The fourth-order valence-electron chi connectivity index (χ4n) is 8.77. The molecular formula is C60H118O8-2. The van der Waals surface area contributed by atoms with E-state index < -0.39 is 18.0 Å². The lowest BCUT2D eigenvalue weighted by atomic mass is 10.0. The normalized spacial score (nSPS) is 11.4. The van der Waals surface area contributed by atoms with Gasteiger partial charge in [-0.1, -0.05) is 310 Å². The summed E-state index contributed by atoms with van der Waals surface area (Å²) in [5, 5.41) is 38.2. The standard InChI is InChI=1S/C22H44O4.2C19H38O2/c1-2-3-4-5-6-7-8-9-10-11-12-13-14-15-16-17-18-22(25)26-20-21(24)19-23;2*1-2-3-4-5-6-7-8-9-10-11-12-13-14-15-16-17-18-19(20)21/h21,23-24H,2-20H2,1H3;2*2-18H2,1H3,(H,20,21)/p-2. The molecule has 0 heterocycles. The molecular weight excluding hydrogens is 849 g/mol. The molecule has 8 nitrogen and oxygen atoms in total.